The molecule has 2 aliphatic rings. The third-order valence-electron chi connectivity index (χ3n) is 4.27. The lowest BCUT2D eigenvalue weighted by atomic mass is 9.98. The van der Waals surface area contributed by atoms with Gasteiger partial charge in [0.25, 0.3) is 0 Å². The molecule has 0 aliphatic carbocycles. The Kier molecular flexibility index (Phi) is 3.38. The number of aliphatic imine (C=N–C) groups is 1. The Morgan fingerprint density at radius 3 is 2.74 bits per heavy atom. The average molecular weight is 324 g/mol. The zero-order valence-corrected chi connectivity index (χ0v) is 13.6. The molecule has 2 aliphatic heterocycles. The summed E-state index contributed by atoms with van der Waals surface area (Å²) < 4.78 is 12.9. The number of nitrogens with zero attached hydrogens (tertiary/aromatic N) is 1. The first kappa shape index (κ1) is 14.3. The summed E-state index contributed by atoms with van der Waals surface area (Å²) in [7, 11) is -1.34. The Hall–Kier alpha value is -2.27. The third kappa shape index (κ3) is 2.23. The van der Waals surface area contributed by atoms with E-state index in [1.807, 2.05) is 37.3 Å². The van der Waals surface area contributed by atoms with Crippen LogP contribution in [-0.4, -0.2) is 28.9 Å². The number of carbonyl (C=O) groups excluding carboxylic acids is 1. The van der Waals surface area contributed by atoms with Gasteiger partial charge < -0.3 is 5.32 Å². The van der Waals surface area contributed by atoms with Crippen LogP contribution in [0.5, 0.6) is 0 Å². The highest BCUT2D eigenvalue weighted by Gasteiger charge is 2.29. The molecule has 1 unspecified atom stereocenters. The standard InChI is InChI=1S/C18H16N2O2S/c1-2-11-3-6-15-14(9-11)17(21)13-5-4-12(10-16(13)23(15)22)18-19-7-8-20-18/h3-6,9-10H,2,7-8H2,1H3,(H,19,20). The molecule has 1 atom stereocenters. The number of rotatable bonds is 2. The lowest BCUT2D eigenvalue weighted by Crippen LogP contribution is -2.21. The maximum absolute atomic E-state index is 12.9. The van der Waals surface area contributed by atoms with E-state index in [4.69, 9.17) is 0 Å². The summed E-state index contributed by atoms with van der Waals surface area (Å²) >= 11 is 0. The van der Waals surface area contributed by atoms with Crippen molar-refractivity contribution in [3.63, 3.8) is 0 Å². The van der Waals surface area contributed by atoms with Crippen LogP contribution in [0.1, 0.15) is 34.0 Å². The Morgan fingerprint density at radius 1 is 1.13 bits per heavy atom. The molecule has 0 radical (unpaired) electrons. The van der Waals surface area contributed by atoms with Gasteiger partial charge in [0, 0.05) is 23.2 Å². The van der Waals surface area contributed by atoms with Gasteiger partial charge in [0.1, 0.15) is 5.84 Å². The molecule has 4 nitrogen and oxygen atoms in total. The number of aryl methyl sites for hydroxylation is 1. The predicted octanol–water partition coefficient (Wildman–Crippen LogP) is 2.31. The SMILES string of the molecule is CCc1ccc2c(c1)C(=O)c1ccc(C3=NCCN3)cc1S2=O. The van der Waals surface area contributed by atoms with Crippen LogP contribution in [0.2, 0.25) is 0 Å². The Labute approximate surface area is 137 Å². The van der Waals surface area contributed by atoms with E-state index in [2.05, 4.69) is 10.3 Å². The minimum absolute atomic E-state index is 0.0437. The number of fused-ring (bicyclic) bond motifs is 2. The Bertz CT molecular complexity index is 887. The summed E-state index contributed by atoms with van der Waals surface area (Å²) in [5.74, 6) is 0.766. The summed E-state index contributed by atoms with van der Waals surface area (Å²) in [5.41, 5.74) is 3.07. The normalized spacial score (nSPS) is 18.9. The summed E-state index contributed by atoms with van der Waals surface area (Å²) in [5, 5.41) is 3.21. The van der Waals surface area contributed by atoms with Crippen LogP contribution >= 0.6 is 0 Å². The maximum Gasteiger partial charge on any atom is 0.195 e. The molecule has 0 bridgehead atoms. The van der Waals surface area contributed by atoms with E-state index in [0.717, 1.165) is 36.5 Å². The molecule has 23 heavy (non-hydrogen) atoms. The fourth-order valence-electron chi connectivity index (χ4n) is 3.00. The van der Waals surface area contributed by atoms with Gasteiger partial charge in [-0.25, -0.2) is 4.21 Å². The van der Waals surface area contributed by atoms with Gasteiger partial charge in [-0.15, -0.1) is 0 Å². The van der Waals surface area contributed by atoms with E-state index < -0.39 is 10.8 Å². The molecule has 2 aromatic carbocycles. The highest BCUT2D eigenvalue weighted by Crippen LogP contribution is 2.33. The van der Waals surface area contributed by atoms with Crippen molar-refractivity contribution in [2.45, 2.75) is 23.1 Å². The van der Waals surface area contributed by atoms with Gasteiger partial charge in [-0.1, -0.05) is 19.1 Å². The van der Waals surface area contributed by atoms with Crippen molar-refractivity contribution in [1.29, 1.82) is 0 Å². The molecule has 5 heteroatoms. The highest BCUT2D eigenvalue weighted by atomic mass is 32.2. The zero-order chi connectivity index (χ0) is 16.0. The van der Waals surface area contributed by atoms with E-state index in [1.165, 1.54) is 0 Å². The van der Waals surface area contributed by atoms with Gasteiger partial charge in [0.15, 0.2) is 5.78 Å². The monoisotopic (exact) mass is 324 g/mol. The largest absolute Gasteiger partial charge is 0.368 e. The molecule has 2 heterocycles. The second-order valence-electron chi connectivity index (χ2n) is 5.65. The van der Waals surface area contributed by atoms with E-state index in [1.54, 1.807) is 6.07 Å². The van der Waals surface area contributed by atoms with Gasteiger partial charge in [-0.3, -0.25) is 9.79 Å². The number of nitrogens with one attached hydrogen (secondary N) is 1. The smallest absolute Gasteiger partial charge is 0.195 e. The number of benzene rings is 2. The molecular formula is C18H16N2O2S. The van der Waals surface area contributed by atoms with Crippen LogP contribution in [0.3, 0.4) is 0 Å². The Balaban J connectivity index is 1.85. The maximum atomic E-state index is 12.9. The highest BCUT2D eigenvalue weighted by molar-refractivity contribution is 7.85. The molecule has 1 N–H and O–H groups in total. The summed E-state index contributed by atoms with van der Waals surface area (Å²) in [6, 6.07) is 11.1. The summed E-state index contributed by atoms with van der Waals surface area (Å²) in [4.78, 5) is 18.4. The van der Waals surface area contributed by atoms with Gasteiger partial charge in [-0.05, 0) is 36.2 Å². The van der Waals surface area contributed by atoms with Crippen molar-refractivity contribution in [2.24, 2.45) is 4.99 Å². The van der Waals surface area contributed by atoms with Crippen molar-refractivity contribution in [1.82, 2.24) is 5.32 Å². The molecule has 2 aromatic rings. The topological polar surface area (TPSA) is 58.5 Å². The van der Waals surface area contributed by atoms with Crippen molar-refractivity contribution >= 4 is 22.4 Å². The zero-order valence-electron chi connectivity index (χ0n) is 12.8. The fourth-order valence-corrected chi connectivity index (χ4v) is 4.38. The van der Waals surface area contributed by atoms with E-state index in [9.17, 15) is 9.00 Å². The molecular weight excluding hydrogens is 308 g/mol. The van der Waals surface area contributed by atoms with Gasteiger partial charge >= 0.3 is 0 Å². The van der Waals surface area contributed by atoms with Crippen molar-refractivity contribution in [2.75, 3.05) is 13.1 Å². The number of carbonyl (C=O) groups is 1. The number of amidine groups is 1. The summed E-state index contributed by atoms with van der Waals surface area (Å²) in [6.07, 6.45) is 0.852. The summed E-state index contributed by atoms with van der Waals surface area (Å²) in [6.45, 7) is 3.61. The second kappa shape index (κ2) is 5.42. The molecule has 0 fully saturated rings. The predicted molar refractivity (Wildman–Crippen MR) is 89.8 cm³/mol. The molecule has 0 saturated carbocycles. The quantitative estimate of drug-likeness (QED) is 0.787. The van der Waals surface area contributed by atoms with E-state index in [0.29, 0.717) is 20.9 Å². The van der Waals surface area contributed by atoms with Crippen LogP contribution < -0.4 is 5.32 Å². The van der Waals surface area contributed by atoms with E-state index >= 15 is 0 Å². The fraction of sp³-hybridized carbons (Fsp3) is 0.222. The van der Waals surface area contributed by atoms with Crippen molar-refractivity contribution in [3.8, 4) is 0 Å². The van der Waals surface area contributed by atoms with Crippen LogP contribution in [0, 0.1) is 0 Å². The average Bonchev–Trinajstić information content (AvgIpc) is 3.13. The lowest BCUT2D eigenvalue weighted by Gasteiger charge is -2.19. The van der Waals surface area contributed by atoms with E-state index in [-0.39, 0.29) is 5.78 Å². The molecule has 116 valence electrons. The minimum atomic E-state index is -1.34. The third-order valence-corrected chi connectivity index (χ3v) is 5.76. The molecule has 0 spiro atoms. The number of hydrogen-bond donors (Lipinski definition) is 1. The van der Waals surface area contributed by atoms with Gasteiger partial charge in [-0.2, -0.15) is 0 Å². The van der Waals surface area contributed by atoms with Crippen molar-refractivity contribution in [3.05, 3.63) is 58.7 Å². The van der Waals surface area contributed by atoms with Crippen LogP contribution in [0.4, 0.5) is 0 Å². The first-order chi connectivity index (χ1) is 11.2. The van der Waals surface area contributed by atoms with Gasteiger partial charge in [0.2, 0.25) is 0 Å². The van der Waals surface area contributed by atoms with Crippen LogP contribution in [0.15, 0.2) is 51.2 Å². The number of hydrogen-bond acceptors (Lipinski definition) is 4. The van der Waals surface area contributed by atoms with Gasteiger partial charge in [0.05, 0.1) is 27.1 Å². The molecule has 0 aromatic heterocycles. The first-order valence-electron chi connectivity index (χ1n) is 7.71. The number of ketones is 1. The lowest BCUT2D eigenvalue weighted by molar-refractivity contribution is 0.103. The molecule has 0 amide bonds. The van der Waals surface area contributed by atoms with Crippen molar-refractivity contribution < 1.29 is 9.00 Å². The van der Waals surface area contributed by atoms with Crippen LogP contribution in [0.25, 0.3) is 0 Å². The molecule has 4 rings (SSSR count). The Morgan fingerprint density at radius 2 is 2.00 bits per heavy atom. The molecule has 0 saturated heterocycles. The first-order valence-corrected chi connectivity index (χ1v) is 8.86. The van der Waals surface area contributed by atoms with Crippen LogP contribution in [-0.2, 0) is 17.2 Å². The minimum Gasteiger partial charge on any atom is -0.368 e. The second-order valence-corrected chi connectivity index (χ2v) is 7.07.